The number of aromatic nitrogens is 2. The molecule has 0 atom stereocenters. The number of nitrogens with zero attached hydrogens (tertiary/aromatic N) is 2. The third kappa shape index (κ3) is 3.34. The lowest BCUT2D eigenvalue weighted by Crippen LogP contribution is -2.03. The van der Waals surface area contributed by atoms with Gasteiger partial charge in [0.2, 0.25) is 6.79 Å². The predicted octanol–water partition coefficient (Wildman–Crippen LogP) is 4.28. The van der Waals surface area contributed by atoms with Crippen LogP contribution in [0.25, 0.3) is 11.4 Å². The topological polar surface area (TPSA) is 56.3 Å². The van der Waals surface area contributed by atoms with Crippen molar-refractivity contribution in [3.63, 3.8) is 0 Å². The van der Waals surface area contributed by atoms with Crippen LogP contribution in [-0.4, -0.2) is 16.8 Å². The van der Waals surface area contributed by atoms with Crippen LogP contribution in [0.3, 0.4) is 0 Å². The summed E-state index contributed by atoms with van der Waals surface area (Å²) in [7, 11) is 0. The molecule has 1 aromatic heterocycles. The number of hydrogen-bond donors (Lipinski definition) is 1. The number of anilines is 1. The molecule has 5 nitrogen and oxygen atoms in total. The lowest BCUT2D eigenvalue weighted by atomic mass is 10.2. The predicted molar refractivity (Wildman–Crippen MR) is 92.3 cm³/mol. The molecule has 1 N–H and O–H groups in total. The summed E-state index contributed by atoms with van der Waals surface area (Å²) in [5.74, 6) is 2.15. The molecule has 0 saturated carbocycles. The summed E-state index contributed by atoms with van der Waals surface area (Å²) in [6.07, 6.45) is 1.66. The van der Waals surface area contributed by atoms with E-state index in [2.05, 4.69) is 15.3 Å². The third-order valence-electron chi connectivity index (χ3n) is 3.74. The molecule has 3 aromatic rings. The first kappa shape index (κ1) is 15.7. The van der Waals surface area contributed by atoms with Gasteiger partial charge in [-0.25, -0.2) is 14.4 Å². The fraction of sp³-hybridized carbons (Fsp3) is 0.111. The molecule has 0 saturated heterocycles. The molecule has 0 amide bonds. The minimum absolute atomic E-state index is 0.107. The van der Waals surface area contributed by atoms with Crippen molar-refractivity contribution >= 4 is 17.4 Å². The summed E-state index contributed by atoms with van der Waals surface area (Å²) >= 11 is 5.69. The molecule has 25 heavy (non-hydrogen) atoms. The maximum absolute atomic E-state index is 13.5. The molecule has 0 spiro atoms. The van der Waals surface area contributed by atoms with E-state index < -0.39 is 5.82 Å². The van der Waals surface area contributed by atoms with Gasteiger partial charge in [0.05, 0.1) is 5.02 Å². The van der Waals surface area contributed by atoms with Gasteiger partial charge in [-0.2, -0.15) is 0 Å². The van der Waals surface area contributed by atoms with E-state index in [0.29, 0.717) is 29.7 Å². The average molecular weight is 358 g/mol. The first-order valence-electron chi connectivity index (χ1n) is 7.60. The number of ether oxygens (including phenoxy) is 2. The maximum Gasteiger partial charge on any atom is 0.231 e. The molecule has 2 aromatic carbocycles. The molecule has 2 heterocycles. The highest BCUT2D eigenvalue weighted by Gasteiger charge is 2.15. The second-order valence-corrected chi connectivity index (χ2v) is 5.84. The van der Waals surface area contributed by atoms with Crippen LogP contribution in [0.1, 0.15) is 5.56 Å². The summed E-state index contributed by atoms with van der Waals surface area (Å²) in [6.45, 7) is 0.643. The van der Waals surface area contributed by atoms with E-state index in [0.717, 1.165) is 11.1 Å². The number of benzene rings is 2. The molecule has 0 fully saturated rings. The van der Waals surface area contributed by atoms with Crippen LogP contribution in [0.2, 0.25) is 5.02 Å². The molecule has 4 rings (SSSR count). The molecule has 0 radical (unpaired) electrons. The number of halogens is 2. The molecule has 1 aliphatic rings. The SMILES string of the molecule is Fc1cc(CNc2ccnc(-c3ccc4c(c3)OCO4)n2)ccc1Cl. The van der Waals surface area contributed by atoms with Crippen molar-refractivity contribution in [2.24, 2.45) is 0 Å². The average Bonchev–Trinajstić information content (AvgIpc) is 3.11. The summed E-state index contributed by atoms with van der Waals surface area (Å²) in [5.41, 5.74) is 1.59. The van der Waals surface area contributed by atoms with Crippen LogP contribution in [0.4, 0.5) is 10.2 Å². The minimum Gasteiger partial charge on any atom is -0.454 e. The van der Waals surface area contributed by atoms with Crippen LogP contribution < -0.4 is 14.8 Å². The lowest BCUT2D eigenvalue weighted by Gasteiger charge is -2.08. The lowest BCUT2D eigenvalue weighted by molar-refractivity contribution is 0.174. The van der Waals surface area contributed by atoms with E-state index in [1.807, 2.05) is 18.2 Å². The smallest absolute Gasteiger partial charge is 0.231 e. The van der Waals surface area contributed by atoms with E-state index in [-0.39, 0.29) is 11.8 Å². The Morgan fingerprint density at radius 3 is 2.84 bits per heavy atom. The summed E-state index contributed by atoms with van der Waals surface area (Å²) in [5, 5.41) is 3.26. The van der Waals surface area contributed by atoms with Crippen LogP contribution in [0.5, 0.6) is 11.5 Å². The van der Waals surface area contributed by atoms with Gasteiger partial charge < -0.3 is 14.8 Å². The Bertz CT molecular complexity index is 936. The highest BCUT2D eigenvalue weighted by molar-refractivity contribution is 6.30. The third-order valence-corrected chi connectivity index (χ3v) is 4.05. The van der Waals surface area contributed by atoms with Gasteiger partial charge >= 0.3 is 0 Å². The van der Waals surface area contributed by atoms with E-state index in [4.69, 9.17) is 21.1 Å². The molecule has 126 valence electrons. The van der Waals surface area contributed by atoms with Crippen LogP contribution >= 0.6 is 11.6 Å². The van der Waals surface area contributed by atoms with Gasteiger partial charge in [-0.05, 0) is 42.0 Å². The number of nitrogens with one attached hydrogen (secondary N) is 1. The standard InChI is InChI=1S/C18H13ClFN3O2/c19-13-3-1-11(7-14(13)20)9-22-17-5-6-21-18(23-17)12-2-4-15-16(8-12)25-10-24-15/h1-8H,9-10H2,(H,21,22,23). The van der Waals surface area contributed by atoms with Gasteiger partial charge in [-0.15, -0.1) is 0 Å². The first-order valence-corrected chi connectivity index (χ1v) is 7.98. The molecule has 0 aliphatic carbocycles. The van der Waals surface area contributed by atoms with Gasteiger partial charge in [0.1, 0.15) is 11.6 Å². The van der Waals surface area contributed by atoms with Crippen molar-refractivity contribution < 1.29 is 13.9 Å². The van der Waals surface area contributed by atoms with E-state index in [9.17, 15) is 4.39 Å². The van der Waals surface area contributed by atoms with E-state index >= 15 is 0 Å². The van der Waals surface area contributed by atoms with Crippen LogP contribution in [0.15, 0.2) is 48.7 Å². The zero-order valence-corrected chi connectivity index (χ0v) is 13.8. The molecular formula is C18H13ClFN3O2. The van der Waals surface area contributed by atoms with Crippen molar-refractivity contribution in [3.8, 4) is 22.9 Å². The monoisotopic (exact) mass is 357 g/mol. The van der Waals surface area contributed by atoms with Crippen molar-refractivity contribution in [1.82, 2.24) is 9.97 Å². The van der Waals surface area contributed by atoms with Crippen molar-refractivity contribution in [3.05, 3.63) is 65.1 Å². The Kier molecular flexibility index (Phi) is 4.11. The fourth-order valence-corrected chi connectivity index (χ4v) is 2.59. The highest BCUT2D eigenvalue weighted by Crippen LogP contribution is 2.35. The van der Waals surface area contributed by atoms with Crippen molar-refractivity contribution in [2.75, 3.05) is 12.1 Å². The minimum atomic E-state index is -0.440. The summed E-state index contributed by atoms with van der Waals surface area (Å²) < 4.78 is 24.2. The molecule has 0 unspecified atom stereocenters. The second kappa shape index (κ2) is 6.57. The van der Waals surface area contributed by atoms with Crippen LogP contribution in [0, 0.1) is 5.82 Å². The summed E-state index contributed by atoms with van der Waals surface area (Å²) in [6, 6.07) is 12.0. The summed E-state index contributed by atoms with van der Waals surface area (Å²) in [4.78, 5) is 8.78. The molecule has 0 bridgehead atoms. The van der Waals surface area contributed by atoms with Gasteiger partial charge in [-0.3, -0.25) is 0 Å². The molecule has 7 heteroatoms. The highest BCUT2D eigenvalue weighted by atomic mass is 35.5. The molecular weight excluding hydrogens is 345 g/mol. The Morgan fingerprint density at radius 2 is 1.96 bits per heavy atom. The first-order chi connectivity index (χ1) is 12.2. The van der Waals surface area contributed by atoms with Gasteiger partial charge in [0.25, 0.3) is 0 Å². The molecule has 1 aliphatic heterocycles. The largest absolute Gasteiger partial charge is 0.454 e. The number of fused-ring (bicyclic) bond motifs is 1. The van der Waals surface area contributed by atoms with E-state index in [1.165, 1.54) is 12.1 Å². The number of hydrogen-bond acceptors (Lipinski definition) is 5. The Balaban J connectivity index is 1.52. The Labute approximate surface area is 148 Å². The van der Waals surface area contributed by atoms with Crippen molar-refractivity contribution in [1.29, 1.82) is 0 Å². The normalized spacial score (nSPS) is 12.2. The Morgan fingerprint density at radius 1 is 1.08 bits per heavy atom. The van der Waals surface area contributed by atoms with E-state index in [1.54, 1.807) is 18.3 Å². The second-order valence-electron chi connectivity index (χ2n) is 5.44. The van der Waals surface area contributed by atoms with Gasteiger partial charge in [-0.1, -0.05) is 17.7 Å². The zero-order valence-electron chi connectivity index (χ0n) is 13.0. The van der Waals surface area contributed by atoms with Gasteiger partial charge in [0.15, 0.2) is 17.3 Å². The zero-order chi connectivity index (χ0) is 17.2. The number of rotatable bonds is 4. The van der Waals surface area contributed by atoms with Gasteiger partial charge in [0, 0.05) is 18.3 Å². The maximum atomic E-state index is 13.5. The van der Waals surface area contributed by atoms with Crippen LogP contribution in [-0.2, 0) is 6.54 Å². The quantitative estimate of drug-likeness (QED) is 0.755. The Hall–Kier alpha value is -2.86. The van der Waals surface area contributed by atoms with Crippen molar-refractivity contribution in [2.45, 2.75) is 6.54 Å². The fourth-order valence-electron chi connectivity index (χ4n) is 2.47.